The molecule has 1 aliphatic carbocycles. The van der Waals surface area contributed by atoms with Gasteiger partial charge in [0.25, 0.3) is 0 Å². The van der Waals surface area contributed by atoms with E-state index in [1.165, 1.54) is 36.5 Å². The lowest BCUT2D eigenvalue weighted by molar-refractivity contribution is 0.0636. The van der Waals surface area contributed by atoms with Crippen LogP contribution in [-0.4, -0.2) is 61.2 Å². The number of aromatic nitrogens is 2. The van der Waals surface area contributed by atoms with Gasteiger partial charge in [0.1, 0.15) is 24.4 Å². The second kappa shape index (κ2) is 10.6. The Kier molecular flexibility index (Phi) is 7.39. The van der Waals surface area contributed by atoms with Crippen molar-refractivity contribution in [3.05, 3.63) is 74.9 Å². The average Bonchev–Trinajstić information content (AvgIpc) is 3.44. The zero-order valence-electron chi connectivity index (χ0n) is 20.4. The Bertz CT molecular complexity index is 1410. The minimum atomic E-state index is -3.95. The molecule has 4 atom stereocenters. The first-order chi connectivity index (χ1) is 17.8. The molecule has 196 valence electrons. The van der Waals surface area contributed by atoms with Gasteiger partial charge < -0.3 is 15.2 Å². The van der Waals surface area contributed by atoms with E-state index in [9.17, 15) is 18.3 Å². The standard InChI is InChI=1S/C25H28N4O6S2/c1-14-18(24-17-6-4-3-5-15(17)7-8-34-24)11-22(36-14)23(31)19-12-27-13-28-25(19)29-16-9-20(30)21(10-16)35-37(32,33)26-2/h3-6,11-13,16,20-21,24,26,30H,7-10H2,1-2H3,(H,27,28,29)/t16-,20+,21-,24-/m1/s1. The van der Waals surface area contributed by atoms with E-state index in [4.69, 9.17) is 8.92 Å². The monoisotopic (exact) mass is 544 g/mol. The zero-order chi connectivity index (χ0) is 26.2. The summed E-state index contributed by atoms with van der Waals surface area (Å²) < 4.78 is 36.7. The summed E-state index contributed by atoms with van der Waals surface area (Å²) in [5, 5.41) is 13.5. The molecular weight excluding hydrogens is 516 g/mol. The molecule has 12 heteroatoms. The molecule has 2 aliphatic rings. The molecule has 10 nitrogen and oxygen atoms in total. The maximum atomic E-state index is 13.6. The number of carbonyl (C=O) groups is 1. The summed E-state index contributed by atoms with van der Waals surface area (Å²) in [4.78, 5) is 23.4. The fourth-order valence-corrected chi connectivity index (χ4v) is 6.50. The first-order valence-electron chi connectivity index (χ1n) is 12.0. The van der Waals surface area contributed by atoms with Crippen LogP contribution in [0.4, 0.5) is 5.82 Å². The van der Waals surface area contributed by atoms with E-state index in [-0.39, 0.29) is 30.8 Å². The van der Waals surface area contributed by atoms with Gasteiger partial charge in [-0.1, -0.05) is 24.3 Å². The predicted molar refractivity (Wildman–Crippen MR) is 138 cm³/mol. The van der Waals surface area contributed by atoms with Gasteiger partial charge in [-0.05, 0) is 48.9 Å². The summed E-state index contributed by atoms with van der Waals surface area (Å²) in [6, 6.07) is 9.75. The van der Waals surface area contributed by atoms with E-state index in [1.807, 2.05) is 25.1 Å². The summed E-state index contributed by atoms with van der Waals surface area (Å²) in [6.07, 6.45) is 2.01. The number of hydrogen-bond acceptors (Lipinski definition) is 10. The molecule has 1 aromatic carbocycles. The van der Waals surface area contributed by atoms with E-state index in [1.54, 1.807) is 0 Å². The fourth-order valence-electron chi connectivity index (χ4n) is 4.87. The molecule has 0 radical (unpaired) electrons. The Morgan fingerprint density at radius 2 is 2.05 bits per heavy atom. The highest BCUT2D eigenvalue weighted by molar-refractivity contribution is 7.84. The summed E-state index contributed by atoms with van der Waals surface area (Å²) in [6.45, 7) is 2.60. The Labute approximate surface area is 219 Å². The number of aryl methyl sites for hydroxylation is 1. The Balaban J connectivity index is 1.36. The first-order valence-corrected chi connectivity index (χ1v) is 14.2. The summed E-state index contributed by atoms with van der Waals surface area (Å²) in [7, 11) is -2.71. The minimum Gasteiger partial charge on any atom is -0.390 e. The smallest absolute Gasteiger partial charge is 0.335 e. The van der Waals surface area contributed by atoms with Gasteiger partial charge in [-0.15, -0.1) is 11.3 Å². The van der Waals surface area contributed by atoms with Gasteiger partial charge in [-0.2, -0.15) is 13.1 Å². The molecule has 1 saturated carbocycles. The normalized spacial score (nSPS) is 23.5. The minimum absolute atomic E-state index is 0.223. The van der Waals surface area contributed by atoms with Crippen molar-refractivity contribution in [1.29, 1.82) is 0 Å². The van der Waals surface area contributed by atoms with Gasteiger partial charge in [0.05, 0.1) is 23.2 Å². The highest BCUT2D eigenvalue weighted by Crippen LogP contribution is 2.38. The number of aliphatic hydroxyl groups is 1. The average molecular weight is 545 g/mol. The van der Waals surface area contributed by atoms with Gasteiger partial charge >= 0.3 is 10.3 Å². The lowest BCUT2D eigenvalue weighted by Gasteiger charge is -2.26. The van der Waals surface area contributed by atoms with Crippen LogP contribution in [-0.2, 0) is 25.6 Å². The van der Waals surface area contributed by atoms with Crippen LogP contribution in [0.5, 0.6) is 0 Å². The van der Waals surface area contributed by atoms with Crippen molar-refractivity contribution in [3.8, 4) is 0 Å². The van der Waals surface area contributed by atoms with Crippen LogP contribution in [0.2, 0.25) is 0 Å². The van der Waals surface area contributed by atoms with E-state index in [2.05, 4.69) is 32.1 Å². The number of rotatable bonds is 8. The third-order valence-corrected chi connectivity index (χ3v) is 8.79. The van der Waals surface area contributed by atoms with Gasteiger partial charge in [-0.25, -0.2) is 9.97 Å². The number of benzene rings is 1. The molecule has 3 N–H and O–H groups in total. The largest absolute Gasteiger partial charge is 0.390 e. The Morgan fingerprint density at radius 3 is 2.86 bits per heavy atom. The highest BCUT2D eigenvalue weighted by atomic mass is 32.2. The number of thiophene rings is 1. The van der Waals surface area contributed by atoms with Gasteiger partial charge in [0.2, 0.25) is 5.78 Å². The van der Waals surface area contributed by atoms with Crippen molar-refractivity contribution >= 4 is 33.2 Å². The van der Waals surface area contributed by atoms with Gasteiger partial charge in [-0.3, -0.25) is 8.98 Å². The topological polar surface area (TPSA) is 140 Å². The van der Waals surface area contributed by atoms with Crippen LogP contribution in [0.15, 0.2) is 42.9 Å². The van der Waals surface area contributed by atoms with Crippen LogP contribution in [0.1, 0.15) is 55.7 Å². The molecule has 0 bridgehead atoms. The maximum absolute atomic E-state index is 13.6. The molecular formula is C25H28N4O6S2. The van der Waals surface area contributed by atoms with Gasteiger partial charge in [0.15, 0.2) is 0 Å². The number of aliphatic hydroxyl groups excluding tert-OH is 1. The molecule has 5 rings (SSSR count). The SMILES string of the molecule is CNS(=O)(=O)O[C@@H]1C[C@H](Nc2ncncc2C(=O)c2cc([C@@H]3OCCc4ccccc43)c(C)s2)C[C@@H]1O. The number of fused-ring (bicyclic) bond motifs is 1. The van der Waals surface area contributed by atoms with Crippen molar-refractivity contribution < 1.29 is 27.2 Å². The number of carbonyl (C=O) groups excluding carboxylic acids is 1. The first kappa shape index (κ1) is 25.9. The Morgan fingerprint density at radius 1 is 1.24 bits per heavy atom. The molecule has 37 heavy (non-hydrogen) atoms. The molecule has 0 amide bonds. The molecule has 0 saturated heterocycles. The van der Waals surface area contributed by atoms with E-state index in [0.717, 1.165) is 22.4 Å². The third kappa shape index (κ3) is 5.44. The summed E-state index contributed by atoms with van der Waals surface area (Å²) in [5.74, 6) is 0.0943. The molecule has 0 spiro atoms. The van der Waals surface area contributed by atoms with Crippen LogP contribution in [0.25, 0.3) is 0 Å². The number of anilines is 1. The second-order valence-corrected chi connectivity index (χ2v) is 11.9. The molecule has 3 heterocycles. The maximum Gasteiger partial charge on any atom is 0.335 e. The van der Waals surface area contributed by atoms with Gasteiger partial charge in [0, 0.05) is 24.2 Å². The van der Waals surface area contributed by atoms with Crippen molar-refractivity contribution in [1.82, 2.24) is 14.7 Å². The third-order valence-electron chi connectivity index (χ3n) is 6.73. The molecule has 1 fully saturated rings. The zero-order valence-corrected chi connectivity index (χ0v) is 22.0. The van der Waals surface area contributed by atoms with Crippen molar-refractivity contribution in [3.63, 3.8) is 0 Å². The van der Waals surface area contributed by atoms with Crippen LogP contribution in [0, 0.1) is 6.92 Å². The Hall–Kier alpha value is -2.74. The summed E-state index contributed by atoms with van der Waals surface area (Å²) in [5.41, 5.74) is 3.64. The van der Waals surface area contributed by atoms with Crippen molar-refractivity contribution in [2.45, 2.75) is 50.5 Å². The highest BCUT2D eigenvalue weighted by Gasteiger charge is 2.37. The molecule has 2 aromatic heterocycles. The summed E-state index contributed by atoms with van der Waals surface area (Å²) >= 11 is 1.40. The van der Waals surface area contributed by atoms with Crippen molar-refractivity contribution in [2.75, 3.05) is 19.0 Å². The van der Waals surface area contributed by atoms with E-state index in [0.29, 0.717) is 22.9 Å². The molecule has 1 aliphatic heterocycles. The predicted octanol–water partition coefficient (Wildman–Crippen LogP) is 2.52. The van der Waals surface area contributed by atoms with E-state index >= 15 is 0 Å². The lowest BCUT2D eigenvalue weighted by Crippen LogP contribution is -2.31. The fraction of sp³-hybridized carbons (Fsp3) is 0.400. The van der Waals surface area contributed by atoms with E-state index < -0.39 is 22.5 Å². The second-order valence-electron chi connectivity index (χ2n) is 9.11. The number of ketones is 1. The molecule has 0 unspecified atom stereocenters. The number of nitrogens with zero attached hydrogens (tertiary/aromatic N) is 2. The lowest BCUT2D eigenvalue weighted by atomic mass is 9.93. The number of ether oxygens (including phenoxy) is 1. The van der Waals surface area contributed by atoms with Crippen LogP contribution in [0.3, 0.4) is 0 Å². The number of hydrogen-bond donors (Lipinski definition) is 3. The quantitative estimate of drug-likeness (QED) is 0.365. The van der Waals surface area contributed by atoms with Crippen molar-refractivity contribution in [2.24, 2.45) is 0 Å². The van der Waals surface area contributed by atoms with Crippen LogP contribution >= 0.6 is 11.3 Å². The molecule has 3 aromatic rings. The van der Waals surface area contributed by atoms with Crippen LogP contribution < -0.4 is 10.0 Å². The number of nitrogens with one attached hydrogen (secondary N) is 2.